The molecule has 2 aromatic carbocycles. The molecule has 8 heteroatoms. The average molecular weight is 404 g/mol. The Bertz CT molecular complexity index is 873. The van der Waals surface area contributed by atoms with Gasteiger partial charge in [-0.1, -0.05) is 24.3 Å². The smallest absolute Gasteiger partial charge is 0.237 e. The summed E-state index contributed by atoms with van der Waals surface area (Å²) in [5.74, 6) is -1.90. The summed E-state index contributed by atoms with van der Waals surface area (Å²) in [4.78, 5) is 23.9. The number of anilines is 1. The first-order valence-electron chi connectivity index (χ1n) is 8.88. The van der Waals surface area contributed by atoms with Crippen LogP contribution in [-0.4, -0.2) is 40.7 Å². The van der Waals surface area contributed by atoms with Gasteiger partial charge in [0, 0.05) is 23.0 Å². The van der Waals surface area contributed by atoms with Crippen molar-refractivity contribution in [3.8, 4) is 0 Å². The molecule has 2 atom stereocenters. The molecule has 0 fully saturated rings. The monoisotopic (exact) mass is 404 g/mol. The third kappa shape index (κ3) is 5.71. The summed E-state index contributed by atoms with van der Waals surface area (Å²) in [5.41, 5.74) is 2.66. The van der Waals surface area contributed by atoms with Gasteiger partial charge in [-0.15, -0.1) is 0 Å². The van der Waals surface area contributed by atoms with Crippen molar-refractivity contribution in [2.75, 3.05) is 30.0 Å². The third-order valence-corrected chi connectivity index (χ3v) is 5.46. The van der Waals surface area contributed by atoms with Crippen molar-refractivity contribution >= 4 is 28.3 Å². The molecule has 0 unspecified atom stereocenters. The van der Waals surface area contributed by atoms with E-state index in [9.17, 15) is 18.2 Å². The van der Waals surface area contributed by atoms with Gasteiger partial charge in [0.15, 0.2) is 0 Å². The maximum Gasteiger partial charge on any atom is 0.237 e. The van der Waals surface area contributed by atoms with E-state index < -0.39 is 28.4 Å². The van der Waals surface area contributed by atoms with E-state index in [1.807, 2.05) is 24.3 Å². The molecule has 0 aliphatic carbocycles. The molecule has 0 saturated heterocycles. The van der Waals surface area contributed by atoms with Gasteiger partial charge in [0.1, 0.15) is 23.4 Å². The lowest BCUT2D eigenvalue weighted by molar-refractivity contribution is -0.119. The zero-order valence-electron chi connectivity index (χ0n) is 15.2. The quantitative estimate of drug-likeness (QED) is 0.739. The number of hydrogen-bond acceptors (Lipinski definition) is 4. The molecule has 3 rings (SSSR count). The number of ether oxygens (including phenoxy) is 1. The van der Waals surface area contributed by atoms with Crippen LogP contribution in [0.1, 0.15) is 17.2 Å². The lowest BCUT2D eigenvalue weighted by Crippen LogP contribution is -2.35. The number of carbonyl (C=O) groups excluding carboxylic acids is 2. The SMILES string of the molecule is O=C(C[S@](=O)CC(=O)Nc1ccc(F)cc1)NC[C@H]1OCCc2ccccc21. The Hall–Kier alpha value is -2.58. The van der Waals surface area contributed by atoms with Crippen LogP contribution in [0, 0.1) is 5.82 Å². The molecule has 0 saturated carbocycles. The molecule has 0 spiro atoms. The highest BCUT2D eigenvalue weighted by Gasteiger charge is 2.21. The van der Waals surface area contributed by atoms with Gasteiger partial charge < -0.3 is 15.4 Å². The van der Waals surface area contributed by atoms with Gasteiger partial charge in [-0.25, -0.2) is 4.39 Å². The van der Waals surface area contributed by atoms with Crippen LogP contribution >= 0.6 is 0 Å². The van der Waals surface area contributed by atoms with E-state index in [1.165, 1.54) is 29.8 Å². The number of amides is 2. The first kappa shape index (κ1) is 20.2. The van der Waals surface area contributed by atoms with Gasteiger partial charge in [0.2, 0.25) is 11.8 Å². The molecule has 1 aliphatic rings. The minimum Gasteiger partial charge on any atom is -0.371 e. The van der Waals surface area contributed by atoms with Crippen LogP contribution in [0.5, 0.6) is 0 Å². The van der Waals surface area contributed by atoms with Gasteiger partial charge >= 0.3 is 0 Å². The number of hydrogen-bond donors (Lipinski definition) is 2. The number of rotatable bonds is 7. The first-order valence-corrected chi connectivity index (χ1v) is 10.4. The van der Waals surface area contributed by atoms with Crippen LogP contribution in [0.3, 0.4) is 0 Å². The second-order valence-electron chi connectivity index (χ2n) is 6.40. The van der Waals surface area contributed by atoms with E-state index in [1.54, 1.807) is 0 Å². The number of nitrogens with one attached hydrogen (secondary N) is 2. The van der Waals surface area contributed by atoms with Crippen molar-refractivity contribution < 1.29 is 22.9 Å². The Balaban J connectivity index is 1.43. The van der Waals surface area contributed by atoms with Crippen molar-refractivity contribution in [1.29, 1.82) is 0 Å². The van der Waals surface area contributed by atoms with Crippen molar-refractivity contribution in [2.24, 2.45) is 0 Å². The van der Waals surface area contributed by atoms with Gasteiger partial charge in [0.25, 0.3) is 0 Å². The fourth-order valence-corrected chi connectivity index (χ4v) is 3.84. The van der Waals surface area contributed by atoms with E-state index in [-0.39, 0.29) is 24.2 Å². The second-order valence-corrected chi connectivity index (χ2v) is 7.85. The summed E-state index contributed by atoms with van der Waals surface area (Å²) in [6.07, 6.45) is 0.609. The fourth-order valence-electron chi connectivity index (χ4n) is 2.98. The molecule has 2 N–H and O–H groups in total. The number of fused-ring (bicyclic) bond motifs is 1. The Kier molecular flexibility index (Phi) is 6.89. The van der Waals surface area contributed by atoms with Crippen molar-refractivity contribution in [2.45, 2.75) is 12.5 Å². The summed E-state index contributed by atoms with van der Waals surface area (Å²) in [6.45, 7) is 0.877. The summed E-state index contributed by atoms with van der Waals surface area (Å²) in [7, 11) is -1.65. The van der Waals surface area contributed by atoms with Crippen LogP contribution in [0.2, 0.25) is 0 Å². The Morgan fingerprint density at radius 3 is 2.57 bits per heavy atom. The largest absolute Gasteiger partial charge is 0.371 e. The molecule has 6 nitrogen and oxygen atoms in total. The van der Waals surface area contributed by atoms with Crippen LogP contribution < -0.4 is 10.6 Å². The van der Waals surface area contributed by atoms with Crippen molar-refractivity contribution in [3.05, 3.63) is 65.5 Å². The van der Waals surface area contributed by atoms with E-state index in [2.05, 4.69) is 10.6 Å². The van der Waals surface area contributed by atoms with Crippen LogP contribution in [0.4, 0.5) is 10.1 Å². The second kappa shape index (κ2) is 9.57. The molecule has 148 valence electrons. The standard InChI is InChI=1S/C20H21FN2O4S/c21-15-5-7-16(8-6-15)23-20(25)13-28(26)12-19(24)22-11-18-17-4-2-1-3-14(17)9-10-27-18/h1-8,18H,9-13H2,(H,22,24)(H,23,25)/t18-,28+/m1/s1. The average Bonchev–Trinajstić information content (AvgIpc) is 2.68. The molecule has 28 heavy (non-hydrogen) atoms. The highest BCUT2D eigenvalue weighted by atomic mass is 32.2. The third-order valence-electron chi connectivity index (χ3n) is 4.29. The highest BCUT2D eigenvalue weighted by molar-refractivity contribution is 7.86. The van der Waals surface area contributed by atoms with Crippen LogP contribution in [0.15, 0.2) is 48.5 Å². The Morgan fingerprint density at radius 1 is 1.07 bits per heavy atom. The van der Waals surface area contributed by atoms with Crippen LogP contribution in [0.25, 0.3) is 0 Å². The molecule has 0 bridgehead atoms. The molecule has 0 radical (unpaired) electrons. The first-order chi connectivity index (χ1) is 13.5. The van der Waals surface area contributed by atoms with Gasteiger partial charge in [-0.05, 0) is 41.8 Å². The van der Waals surface area contributed by atoms with Crippen molar-refractivity contribution in [1.82, 2.24) is 5.32 Å². The maximum absolute atomic E-state index is 12.9. The molecule has 0 aromatic heterocycles. The van der Waals surface area contributed by atoms with Crippen LogP contribution in [-0.2, 0) is 31.5 Å². The summed E-state index contributed by atoms with van der Waals surface area (Å²) in [6, 6.07) is 13.2. The van der Waals surface area contributed by atoms with Gasteiger partial charge in [-0.2, -0.15) is 0 Å². The topological polar surface area (TPSA) is 84.5 Å². The highest BCUT2D eigenvalue weighted by Crippen LogP contribution is 2.26. The van der Waals surface area contributed by atoms with Gasteiger partial charge in [-0.3, -0.25) is 13.8 Å². The number of carbonyl (C=O) groups is 2. The van der Waals surface area contributed by atoms with E-state index in [0.717, 1.165) is 12.0 Å². The maximum atomic E-state index is 12.9. The molecule has 1 heterocycles. The molecular formula is C20H21FN2O4S. The molecule has 2 aromatic rings. The lowest BCUT2D eigenvalue weighted by atomic mass is 9.97. The minimum absolute atomic E-state index is 0.232. The zero-order valence-corrected chi connectivity index (χ0v) is 16.0. The van der Waals surface area contributed by atoms with E-state index in [0.29, 0.717) is 12.3 Å². The Morgan fingerprint density at radius 2 is 1.79 bits per heavy atom. The van der Waals surface area contributed by atoms with E-state index >= 15 is 0 Å². The summed E-state index contributed by atoms with van der Waals surface area (Å²) < 4.78 is 30.6. The minimum atomic E-state index is -1.65. The summed E-state index contributed by atoms with van der Waals surface area (Å²) in [5, 5.41) is 5.24. The molecular weight excluding hydrogens is 383 g/mol. The number of benzene rings is 2. The van der Waals surface area contributed by atoms with Gasteiger partial charge in [0.05, 0.1) is 6.61 Å². The Labute approximate surface area is 164 Å². The lowest BCUT2D eigenvalue weighted by Gasteiger charge is -2.26. The summed E-state index contributed by atoms with van der Waals surface area (Å²) >= 11 is 0. The number of halogens is 1. The molecule has 1 aliphatic heterocycles. The molecule has 2 amide bonds. The normalized spacial score (nSPS) is 16.7. The van der Waals surface area contributed by atoms with E-state index in [4.69, 9.17) is 4.74 Å². The van der Waals surface area contributed by atoms with Crippen molar-refractivity contribution in [3.63, 3.8) is 0 Å². The zero-order chi connectivity index (χ0) is 19.9. The predicted octanol–water partition coefficient (Wildman–Crippen LogP) is 1.94. The predicted molar refractivity (Wildman–Crippen MR) is 105 cm³/mol. The fraction of sp³-hybridized carbons (Fsp3) is 0.300.